The lowest BCUT2D eigenvalue weighted by Gasteiger charge is -2.14. The number of hydrazine groups is 1. The number of hydrogen-bond acceptors (Lipinski definition) is 10. The summed E-state index contributed by atoms with van der Waals surface area (Å²) >= 11 is 7.62. The number of hydrogen-bond donors (Lipinski definition) is 2. The van der Waals surface area contributed by atoms with E-state index in [1.54, 1.807) is 36.4 Å². The Balaban J connectivity index is 1.18. The first-order valence-corrected chi connectivity index (χ1v) is 13.5. The zero-order valence-electron chi connectivity index (χ0n) is 20.1. The maximum Gasteiger partial charge on any atom is 0.337 e. The monoisotopic (exact) mass is 570 g/mol. The highest BCUT2D eigenvalue weighted by Gasteiger charge is 2.31. The highest BCUT2D eigenvalue weighted by Crippen LogP contribution is 2.32. The van der Waals surface area contributed by atoms with Gasteiger partial charge in [0.05, 0.1) is 23.3 Å². The van der Waals surface area contributed by atoms with Crippen LogP contribution in [0.3, 0.4) is 0 Å². The fourth-order valence-corrected chi connectivity index (χ4v) is 5.30. The molecule has 0 spiro atoms. The van der Waals surface area contributed by atoms with Crippen molar-refractivity contribution in [3.8, 4) is 0 Å². The van der Waals surface area contributed by atoms with E-state index in [4.69, 9.17) is 16.6 Å². The number of nitrogens with zero attached hydrogens (tertiary/aromatic N) is 2. The van der Waals surface area contributed by atoms with Gasteiger partial charge < -0.3 is 9.15 Å². The number of carbonyl (C=O) groups excluding carboxylic acids is 4. The molecule has 0 unspecified atom stereocenters. The Morgan fingerprint density at radius 2 is 1.87 bits per heavy atom. The summed E-state index contributed by atoms with van der Waals surface area (Å²) in [5.41, 5.74) is 7.20. The molecule has 1 saturated heterocycles. The van der Waals surface area contributed by atoms with Crippen LogP contribution < -0.4 is 10.9 Å². The number of para-hydroxylation sites is 2. The third-order valence-corrected chi connectivity index (χ3v) is 7.44. The maximum absolute atomic E-state index is 12.8. The van der Waals surface area contributed by atoms with E-state index in [0.717, 1.165) is 17.3 Å². The molecule has 0 aliphatic carbocycles. The molecule has 2 heterocycles. The number of benzene rings is 2. The second-order valence-corrected chi connectivity index (χ2v) is 10.5. The number of rotatable bonds is 9. The molecule has 0 atom stereocenters. The minimum absolute atomic E-state index is 0.0153. The van der Waals surface area contributed by atoms with Crippen molar-refractivity contribution in [2.75, 3.05) is 19.4 Å². The summed E-state index contributed by atoms with van der Waals surface area (Å²) < 4.78 is 10.6. The lowest BCUT2D eigenvalue weighted by Crippen LogP contribution is -2.42. The zero-order valence-corrected chi connectivity index (χ0v) is 22.5. The van der Waals surface area contributed by atoms with Crippen LogP contribution >= 0.6 is 35.7 Å². The van der Waals surface area contributed by atoms with Gasteiger partial charge in [0.25, 0.3) is 11.1 Å². The molecular weight excluding hydrogens is 548 g/mol. The Labute approximate surface area is 231 Å². The topological polar surface area (TPSA) is 131 Å². The van der Waals surface area contributed by atoms with Crippen LogP contribution in [0, 0.1) is 0 Å². The Morgan fingerprint density at radius 1 is 1.13 bits per heavy atom. The fraction of sp³-hybridized carbons (Fsp3) is 0.200. The Morgan fingerprint density at radius 3 is 2.61 bits per heavy atom. The van der Waals surface area contributed by atoms with Gasteiger partial charge in [0.15, 0.2) is 5.58 Å². The highest BCUT2D eigenvalue weighted by atomic mass is 32.2. The number of carbonyl (C=O) groups is 4. The average Bonchev–Trinajstić information content (AvgIpc) is 3.46. The molecule has 0 saturated carbocycles. The summed E-state index contributed by atoms with van der Waals surface area (Å²) in [6.45, 7) is 0.262. The number of thiocarbonyl (C=S) groups is 1. The molecule has 10 nitrogen and oxygen atoms in total. The fourth-order valence-electron chi connectivity index (χ4n) is 3.35. The number of methoxy groups -OCH3 is 1. The molecule has 196 valence electrons. The highest BCUT2D eigenvalue weighted by molar-refractivity contribution is 8.26. The number of ether oxygens (including phenoxy) is 1. The quantitative estimate of drug-likeness (QED) is 0.130. The summed E-state index contributed by atoms with van der Waals surface area (Å²) in [6, 6.07) is 13.9. The second-order valence-electron chi connectivity index (χ2n) is 7.88. The number of esters is 1. The van der Waals surface area contributed by atoms with Gasteiger partial charge >= 0.3 is 5.97 Å². The average molecular weight is 571 g/mol. The van der Waals surface area contributed by atoms with Gasteiger partial charge in [-0.3, -0.25) is 30.1 Å². The number of aromatic nitrogens is 1. The van der Waals surface area contributed by atoms with E-state index in [1.807, 2.05) is 18.2 Å². The van der Waals surface area contributed by atoms with Gasteiger partial charge in [0.1, 0.15) is 9.84 Å². The predicted octanol–water partition coefficient (Wildman–Crippen LogP) is 3.54. The van der Waals surface area contributed by atoms with Crippen molar-refractivity contribution in [3.05, 3.63) is 64.6 Å². The van der Waals surface area contributed by atoms with Gasteiger partial charge in [-0.2, -0.15) is 0 Å². The third-order valence-electron chi connectivity index (χ3n) is 5.23. The van der Waals surface area contributed by atoms with Crippen molar-refractivity contribution < 1.29 is 28.3 Å². The van der Waals surface area contributed by atoms with Gasteiger partial charge in [-0.1, -0.05) is 60.0 Å². The first-order valence-electron chi connectivity index (χ1n) is 11.3. The van der Waals surface area contributed by atoms with E-state index in [9.17, 15) is 19.2 Å². The van der Waals surface area contributed by atoms with Crippen LogP contribution in [0.2, 0.25) is 0 Å². The molecule has 1 aliphatic heterocycles. The number of oxazole rings is 1. The minimum atomic E-state index is -0.440. The smallest absolute Gasteiger partial charge is 0.337 e. The molecule has 2 aromatic carbocycles. The molecule has 1 aliphatic rings. The molecule has 1 aromatic heterocycles. The normalized spacial score (nSPS) is 14.2. The molecule has 13 heteroatoms. The third kappa shape index (κ3) is 7.00. The van der Waals surface area contributed by atoms with Crippen molar-refractivity contribution in [2.24, 2.45) is 0 Å². The van der Waals surface area contributed by atoms with Crippen LogP contribution in [-0.2, 0) is 19.1 Å². The van der Waals surface area contributed by atoms with Gasteiger partial charge in [-0.15, -0.1) is 0 Å². The van der Waals surface area contributed by atoms with Gasteiger partial charge in [-0.05, 0) is 42.3 Å². The molecule has 3 amide bonds. The predicted molar refractivity (Wildman–Crippen MR) is 148 cm³/mol. The van der Waals surface area contributed by atoms with Crippen LogP contribution in [0.4, 0.5) is 0 Å². The lowest BCUT2D eigenvalue weighted by molar-refractivity contribution is -0.128. The van der Waals surface area contributed by atoms with E-state index < -0.39 is 17.8 Å². The van der Waals surface area contributed by atoms with Crippen molar-refractivity contribution in [1.29, 1.82) is 0 Å². The van der Waals surface area contributed by atoms with Gasteiger partial charge in [0.2, 0.25) is 11.8 Å². The Kier molecular flexibility index (Phi) is 9.15. The zero-order chi connectivity index (χ0) is 27.1. The molecule has 4 rings (SSSR count). The number of fused-ring (bicyclic) bond motifs is 1. The van der Waals surface area contributed by atoms with Crippen molar-refractivity contribution in [3.63, 3.8) is 0 Å². The van der Waals surface area contributed by atoms with Crippen molar-refractivity contribution in [1.82, 2.24) is 20.7 Å². The molecule has 2 N–H and O–H groups in total. The summed E-state index contributed by atoms with van der Waals surface area (Å²) in [7, 11) is 1.31. The number of amides is 3. The lowest BCUT2D eigenvalue weighted by atomic mass is 10.1. The first kappa shape index (κ1) is 27.4. The molecule has 38 heavy (non-hydrogen) atoms. The van der Waals surface area contributed by atoms with E-state index in [1.165, 1.54) is 23.8 Å². The summed E-state index contributed by atoms with van der Waals surface area (Å²) in [5.74, 6) is -1.47. The number of nitrogens with one attached hydrogen (secondary N) is 2. The first-order chi connectivity index (χ1) is 18.3. The van der Waals surface area contributed by atoms with Gasteiger partial charge in [-0.25, -0.2) is 9.78 Å². The van der Waals surface area contributed by atoms with Crippen molar-refractivity contribution >= 4 is 80.9 Å². The van der Waals surface area contributed by atoms with Crippen LogP contribution in [0.25, 0.3) is 17.2 Å². The maximum atomic E-state index is 12.8. The van der Waals surface area contributed by atoms with Gasteiger partial charge in [0, 0.05) is 13.0 Å². The van der Waals surface area contributed by atoms with Crippen molar-refractivity contribution in [2.45, 2.75) is 18.1 Å². The van der Waals surface area contributed by atoms with Crippen LogP contribution in [-0.4, -0.2) is 57.3 Å². The second kappa shape index (κ2) is 12.7. The van der Waals surface area contributed by atoms with Crippen LogP contribution in [0.1, 0.15) is 28.8 Å². The SMILES string of the molecule is COC(=O)c1ccc(/C=C2\SC(=S)N(CCCC(=O)NNC(=O)CSc3nc4ccccc4o3)C2=O)cc1. The molecule has 0 radical (unpaired) electrons. The Bertz CT molecular complexity index is 1390. The number of thioether (sulfide) groups is 2. The van der Waals surface area contributed by atoms with E-state index in [0.29, 0.717) is 37.5 Å². The summed E-state index contributed by atoms with van der Waals surface area (Å²) in [5, 5.41) is 0.364. The Hall–Kier alpha value is -3.68. The van der Waals surface area contributed by atoms with E-state index >= 15 is 0 Å². The summed E-state index contributed by atoms with van der Waals surface area (Å²) in [4.78, 5) is 54.7. The molecule has 1 fully saturated rings. The molecule has 0 bridgehead atoms. The summed E-state index contributed by atoms with van der Waals surface area (Å²) in [6.07, 6.45) is 2.14. The van der Waals surface area contributed by atoms with E-state index in [2.05, 4.69) is 20.6 Å². The minimum Gasteiger partial charge on any atom is -0.465 e. The molecular formula is C25H22N4O6S3. The van der Waals surface area contributed by atoms with Crippen LogP contribution in [0.15, 0.2) is 63.1 Å². The standard InChI is InChI=1S/C25H22N4O6S3/c1-34-23(33)16-10-8-15(9-11-16)13-19-22(32)29(25(36)38-19)12-4-7-20(30)27-28-21(31)14-37-24-26-17-5-2-3-6-18(17)35-24/h2-3,5-6,8-11,13H,4,7,12,14H2,1H3,(H,27,30)(H,28,31)/b19-13-. The largest absolute Gasteiger partial charge is 0.465 e. The van der Waals surface area contributed by atoms with Crippen LogP contribution in [0.5, 0.6) is 0 Å². The van der Waals surface area contributed by atoms with E-state index in [-0.39, 0.29) is 24.6 Å². The molecule has 3 aromatic rings.